The maximum atomic E-state index is 12.9. The van der Waals surface area contributed by atoms with Crippen LogP contribution in [0.15, 0.2) is 106 Å². The summed E-state index contributed by atoms with van der Waals surface area (Å²) in [4.78, 5) is 32.0. The third-order valence-corrected chi connectivity index (χ3v) is 10.9. The van der Waals surface area contributed by atoms with E-state index >= 15 is 0 Å². The molecule has 4 aromatic carbocycles. The number of rotatable bonds is 9. The van der Waals surface area contributed by atoms with Crippen LogP contribution in [-0.2, 0) is 33.3 Å². The number of fused-ring (bicyclic) bond motifs is 2. The number of oxazole rings is 2. The van der Waals surface area contributed by atoms with Crippen LogP contribution in [0.2, 0.25) is 10.0 Å². The minimum absolute atomic E-state index is 0. The van der Waals surface area contributed by atoms with Gasteiger partial charge in [-0.05, 0) is 84.3 Å². The van der Waals surface area contributed by atoms with E-state index in [1.54, 1.807) is 24.5 Å². The first-order valence-corrected chi connectivity index (χ1v) is 18.8. The van der Waals surface area contributed by atoms with Gasteiger partial charge >= 0.3 is 12.0 Å². The number of nitrogens with one attached hydrogen (secondary N) is 1. The van der Waals surface area contributed by atoms with Crippen LogP contribution in [0.1, 0.15) is 66.9 Å². The van der Waals surface area contributed by atoms with Crippen LogP contribution >= 0.6 is 23.2 Å². The number of aromatic nitrogens is 2. The summed E-state index contributed by atoms with van der Waals surface area (Å²) in [5, 5.41) is 13.3. The molecule has 0 unspecified atom stereocenters. The van der Waals surface area contributed by atoms with Crippen molar-refractivity contribution < 1.29 is 42.5 Å². The number of carbonyl (C=O) groups is 2. The molecule has 0 spiro atoms. The number of halogens is 2. The fraction of sp³-hybridized carbons (Fsp3) is 0.256. The van der Waals surface area contributed by atoms with E-state index in [0.29, 0.717) is 59.5 Å². The van der Waals surface area contributed by atoms with Crippen molar-refractivity contribution in [1.29, 1.82) is 0 Å². The van der Waals surface area contributed by atoms with Crippen molar-refractivity contribution in [2.24, 2.45) is 0 Å². The number of benzene rings is 4. The zero-order valence-electron chi connectivity index (χ0n) is 30.3. The van der Waals surface area contributed by atoms with Crippen LogP contribution in [-0.4, -0.2) is 40.5 Å². The number of anilines is 2. The van der Waals surface area contributed by atoms with Gasteiger partial charge in [-0.15, -0.1) is 0 Å². The summed E-state index contributed by atoms with van der Waals surface area (Å²) in [6.07, 6.45) is 7.30. The zero-order chi connectivity index (χ0) is 39.6. The van der Waals surface area contributed by atoms with Gasteiger partial charge in [0.25, 0.3) is 6.01 Å². The van der Waals surface area contributed by atoms with Crippen molar-refractivity contribution in [2.75, 3.05) is 24.6 Å². The first-order valence-electron chi connectivity index (χ1n) is 18.1. The van der Waals surface area contributed by atoms with Crippen molar-refractivity contribution in [3.05, 3.63) is 141 Å². The Hall–Kier alpha value is -6.18. The summed E-state index contributed by atoms with van der Waals surface area (Å²) in [7, 11) is 0. The van der Waals surface area contributed by atoms with Gasteiger partial charge in [0.2, 0.25) is 19.5 Å². The standard InChI is InChI=1S/C21H17ClN2O4.C11H10O4.C10H9ClN2O.CH4/c22-16-4-2-1-3-13(16)9-15-11-23-20(28-15)24-19(25)21(7-8-21)14-5-6-17-18(10-14)27-12-26-17;12-10(13)11(3-4-11)7-1-2-8-9(5-7)15-6-14-8;11-9-4-2-1-3-7(9)5-8-6-13-10(12)14-8;/h1-6,10-11H,7-9,12H2,(H,23,24,25);1-2,5H,3-4,6H2,(H,12,13);1-4,6H,5H2,(H2,12,13);1H4. The molecule has 0 atom stereocenters. The van der Waals surface area contributed by atoms with Gasteiger partial charge in [0.15, 0.2) is 23.0 Å². The summed E-state index contributed by atoms with van der Waals surface area (Å²) in [6, 6.07) is 26.6. The van der Waals surface area contributed by atoms with Crippen molar-refractivity contribution in [2.45, 2.75) is 56.8 Å². The molecule has 2 aliphatic carbocycles. The van der Waals surface area contributed by atoms with Gasteiger partial charge in [-0.3, -0.25) is 14.9 Å². The highest BCUT2D eigenvalue weighted by Gasteiger charge is 2.53. The molecule has 13 nitrogen and oxygen atoms in total. The average molecular weight is 828 g/mol. The third kappa shape index (κ3) is 8.55. The van der Waals surface area contributed by atoms with Gasteiger partial charge in [0.1, 0.15) is 11.5 Å². The number of ether oxygens (including phenoxy) is 4. The van der Waals surface area contributed by atoms with Crippen LogP contribution in [0.25, 0.3) is 0 Å². The molecule has 4 aliphatic rings. The Balaban J connectivity index is 0.000000144. The molecule has 2 aliphatic heterocycles. The molecule has 0 radical (unpaired) electrons. The Morgan fingerprint density at radius 2 is 1.16 bits per heavy atom. The van der Waals surface area contributed by atoms with Gasteiger partial charge in [-0.25, -0.2) is 9.97 Å². The molecule has 300 valence electrons. The summed E-state index contributed by atoms with van der Waals surface area (Å²) >= 11 is 12.2. The molecule has 6 aromatic rings. The lowest BCUT2D eigenvalue weighted by Crippen LogP contribution is -2.27. The molecule has 2 aromatic heterocycles. The summed E-state index contributed by atoms with van der Waals surface area (Å²) in [5.74, 6) is 3.21. The molecule has 2 saturated carbocycles. The number of nitrogen functional groups attached to an aromatic ring is 1. The van der Waals surface area contributed by atoms with Gasteiger partial charge < -0.3 is 38.6 Å². The quantitative estimate of drug-likeness (QED) is 0.126. The molecule has 4 heterocycles. The molecule has 2 fully saturated rings. The molecule has 1 amide bonds. The molecular weight excluding hydrogens is 787 g/mol. The average Bonchev–Trinajstić information content (AvgIpc) is 3.93. The van der Waals surface area contributed by atoms with E-state index in [2.05, 4.69) is 15.3 Å². The minimum Gasteiger partial charge on any atom is -0.481 e. The highest BCUT2D eigenvalue weighted by Crippen LogP contribution is 2.52. The van der Waals surface area contributed by atoms with Crippen LogP contribution in [0.4, 0.5) is 12.0 Å². The number of carbonyl (C=O) groups excluding carboxylic acids is 1. The summed E-state index contributed by atoms with van der Waals surface area (Å²) in [5.41, 5.74) is 7.80. The van der Waals surface area contributed by atoms with Crippen LogP contribution < -0.4 is 30.0 Å². The molecule has 58 heavy (non-hydrogen) atoms. The fourth-order valence-corrected chi connectivity index (χ4v) is 7.04. The highest BCUT2D eigenvalue weighted by atomic mass is 35.5. The second-order valence-corrected chi connectivity index (χ2v) is 14.7. The maximum absolute atomic E-state index is 12.9. The maximum Gasteiger partial charge on any atom is 0.314 e. The second-order valence-electron chi connectivity index (χ2n) is 13.9. The fourth-order valence-electron chi connectivity index (χ4n) is 6.64. The second kappa shape index (κ2) is 16.7. The van der Waals surface area contributed by atoms with Crippen molar-refractivity contribution >= 4 is 47.1 Å². The third-order valence-electron chi connectivity index (χ3n) is 10.2. The number of carboxylic acids is 1. The topological polar surface area (TPSA) is 181 Å². The Labute approximate surface area is 344 Å². The predicted molar refractivity (Wildman–Crippen MR) is 216 cm³/mol. The Bertz CT molecular complexity index is 2440. The van der Waals surface area contributed by atoms with Crippen molar-refractivity contribution in [3.8, 4) is 23.0 Å². The van der Waals surface area contributed by atoms with E-state index in [1.165, 1.54) is 0 Å². The summed E-state index contributed by atoms with van der Waals surface area (Å²) < 4.78 is 32.0. The molecule has 0 bridgehead atoms. The van der Waals surface area contributed by atoms with Crippen LogP contribution in [0, 0.1) is 0 Å². The largest absolute Gasteiger partial charge is 0.481 e. The van der Waals surface area contributed by atoms with Gasteiger partial charge in [-0.2, -0.15) is 0 Å². The lowest BCUT2D eigenvalue weighted by molar-refractivity contribution is -0.140. The highest BCUT2D eigenvalue weighted by molar-refractivity contribution is 6.31. The summed E-state index contributed by atoms with van der Waals surface area (Å²) in [6.45, 7) is 0.432. The Morgan fingerprint density at radius 1 is 0.672 bits per heavy atom. The Kier molecular flexibility index (Phi) is 11.6. The molecule has 4 N–H and O–H groups in total. The monoisotopic (exact) mass is 826 g/mol. The van der Waals surface area contributed by atoms with Crippen LogP contribution in [0.3, 0.4) is 0 Å². The van der Waals surface area contributed by atoms with Crippen molar-refractivity contribution in [3.63, 3.8) is 0 Å². The van der Waals surface area contributed by atoms with Crippen molar-refractivity contribution in [1.82, 2.24) is 9.97 Å². The lowest BCUT2D eigenvalue weighted by Gasteiger charge is -2.14. The molecule has 15 heteroatoms. The smallest absolute Gasteiger partial charge is 0.314 e. The van der Waals surface area contributed by atoms with E-state index in [-0.39, 0.29) is 38.9 Å². The van der Waals surface area contributed by atoms with E-state index in [4.69, 9.17) is 61.8 Å². The number of nitrogens with two attached hydrogens (primary N) is 1. The zero-order valence-corrected chi connectivity index (χ0v) is 31.8. The van der Waals surface area contributed by atoms with E-state index in [9.17, 15) is 9.59 Å². The number of amides is 1. The Morgan fingerprint density at radius 3 is 1.64 bits per heavy atom. The SMILES string of the molecule is C.Nc1ncc(Cc2ccccc2Cl)o1.O=C(Nc1ncc(Cc2ccccc2Cl)o1)C1(c2ccc3c(c2)OCO3)CC1.O=C(O)C1(c2ccc3c(c2)OCO3)CC1. The first kappa shape index (κ1) is 40.0. The van der Waals surface area contributed by atoms with E-state index < -0.39 is 16.8 Å². The normalized spacial score (nSPS) is 15.4. The lowest BCUT2D eigenvalue weighted by atomic mass is 9.94. The predicted octanol–water partition coefficient (Wildman–Crippen LogP) is 8.99. The number of hydrogen-bond acceptors (Lipinski definition) is 11. The molecule has 0 saturated heterocycles. The molecule has 10 rings (SSSR count). The van der Waals surface area contributed by atoms with Gasteiger partial charge in [0, 0.05) is 22.9 Å². The number of nitrogens with zero attached hydrogens (tertiary/aromatic N) is 2. The van der Waals surface area contributed by atoms with Gasteiger partial charge in [-0.1, -0.05) is 79.2 Å². The number of carboxylic acid groups (broad SMARTS) is 1. The van der Waals surface area contributed by atoms with E-state index in [1.807, 2.05) is 72.8 Å². The van der Waals surface area contributed by atoms with E-state index in [0.717, 1.165) is 45.9 Å². The molecular formula is C43H40Cl2N4O9. The minimum atomic E-state index is -0.749. The first-order chi connectivity index (χ1) is 27.6. The number of hydrogen-bond donors (Lipinski definition) is 3. The van der Waals surface area contributed by atoms with Crippen LogP contribution in [0.5, 0.6) is 23.0 Å². The van der Waals surface area contributed by atoms with Gasteiger partial charge in [0.05, 0.1) is 23.2 Å². The number of aliphatic carboxylic acids is 1.